The van der Waals surface area contributed by atoms with E-state index in [2.05, 4.69) is 0 Å². The summed E-state index contributed by atoms with van der Waals surface area (Å²) in [6, 6.07) is 32.8. The van der Waals surface area contributed by atoms with Crippen LogP contribution < -0.4 is 4.90 Å². The minimum absolute atomic E-state index is 0.290. The lowest BCUT2D eigenvalue weighted by Crippen LogP contribution is -2.36. The molecule has 4 aromatic rings. The van der Waals surface area contributed by atoms with Crippen LogP contribution in [-0.4, -0.2) is 12.0 Å². The van der Waals surface area contributed by atoms with E-state index in [0.717, 1.165) is 33.4 Å². The summed E-state index contributed by atoms with van der Waals surface area (Å²) >= 11 is 0. The molecule has 1 aliphatic carbocycles. The van der Waals surface area contributed by atoms with Gasteiger partial charge in [-0.25, -0.2) is 9.69 Å². The highest BCUT2D eigenvalue weighted by atomic mass is 16.6. The highest BCUT2D eigenvalue weighted by Crippen LogP contribution is 2.47. The number of rotatable bonds is 2. The van der Waals surface area contributed by atoms with Gasteiger partial charge in [-0.3, -0.25) is 4.79 Å². The molecule has 1 aliphatic heterocycles. The highest BCUT2D eigenvalue weighted by molar-refractivity contribution is 6.20. The fraction of sp³-hybridized carbons (Fsp3) is 0.0714. The van der Waals surface area contributed by atoms with Crippen LogP contribution in [0.15, 0.2) is 103 Å². The molecule has 0 fully saturated rings. The Hall–Kier alpha value is -4.18. The van der Waals surface area contributed by atoms with Crippen LogP contribution in [0.3, 0.4) is 0 Å². The van der Waals surface area contributed by atoms with Crippen molar-refractivity contribution in [2.45, 2.75) is 12.0 Å². The lowest BCUT2D eigenvalue weighted by atomic mass is 9.93. The van der Waals surface area contributed by atoms with E-state index in [4.69, 9.17) is 4.74 Å². The number of benzene rings is 4. The van der Waals surface area contributed by atoms with Crippen LogP contribution in [0.25, 0.3) is 11.1 Å². The third kappa shape index (κ3) is 2.70. The predicted octanol–water partition coefficient (Wildman–Crippen LogP) is 6.07. The molecule has 6 rings (SSSR count). The van der Waals surface area contributed by atoms with Gasteiger partial charge in [-0.05, 0) is 28.3 Å². The van der Waals surface area contributed by atoms with Crippen molar-refractivity contribution in [3.63, 3.8) is 0 Å². The quantitative estimate of drug-likeness (QED) is 0.398. The molecule has 154 valence electrons. The molecular weight excluding hydrogens is 398 g/mol. The summed E-state index contributed by atoms with van der Waals surface area (Å²) in [7, 11) is 0. The Kier molecular flexibility index (Phi) is 4.18. The fourth-order valence-electron chi connectivity index (χ4n) is 4.86. The molecule has 1 atom stereocenters. The monoisotopic (exact) mass is 417 g/mol. The summed E-state index contributed by atoms with van der Waals surface area (Å²) in [5.74, 6) is -0.815. The second-order valence-electron chi connectivity index (χ2n) is 8.01. The van der Waals surface area contributed by atoms with Gasteiger partial charge in [-0.15, -0.1) is 0 Å². The zero-order chi connectivity index (χ0) is 21.7. The van der Waals surface area contributed by atoms with Gasteiger partial charge >= 0.3 is 6.09 Å². The summed E-state index contributed by atoms with van der Waals surface area (Å²) in [4.78, 5) is 28.1. The number of ether oxygens (including phenoxy) is 1. The Morgan fingerprint density at radius 3 is 1.84 bits per heavy atom. The van der Waals surface area contributed by atoms with Crippen molar-refractivity contribution in [3.05, 3.63) is 125 Å². The van der Waals surface area contributed by atoms with Crippen molar-refractivity contribution in [2.24, 2.45) is 0 Å². The minimum Gasteiger partial charge on any atom is -0.436 e. The van der Waals surface area contributed by atoms with Gasteiger partial charge in [0.05, 0.1) is 11.6 Å². The van der Waals surface area contributed by atoms with Crippen molar-refractivity contribution in [1.29, 1.82) is 0 Å². The molecule has 1 unspecified atom stereocenters. The smallest absolute Gasteiger partial charge is 0.422 e. The number of hydrogen-bond acceptors (Lipinski definition) is 3. The Balaban J connectivity index is 1.39. The van der Waals surface area contributed by atoms with Gasteiger partial charge in [0.15, 0.2) is 6.10 Å². The van der Waals surface area contributed by atoms with Gasteiger partial charge in [0.25, 0.3) is 0 Å². The lowest BCUT2D eigenvalue weighted by molar-refractivity contribution is -0.118. The first-order valence-corrected chi connectivity index (χ1v) is 10.6. The largest absolute Gasteiger partial charge is 0.436 e. The summed E-state index contributed by atoms with van der Waals surface area (Å²) in [6.07, 6.45) is -1.21. The molecule has 4 aromatic carbocycles. The molecule has 0 saturated carbocycles. The van der Waals surface area contributed by atoms with E-state index in [1.165, 1.54) is 4.90 Å². The first-order chi connectivity index (χ1) is 15.7. The Labute approximate surface area is 185 Å². The van der Waals surface area contributed by atoms with Crippen LogP contribution in [0.5, 0.6) is 0 Å². The summed E-state index contributed by atoms with van der Waals surface area (Å²) in [5.41, 5.74) is 6.22. The lowest BCUT2D eigenvalue weighted by Gasteiger charge is -2.21. The van der Waals surface area contributed by atoms with Crippen molar-refractivity contribution >= 4 is 17.7 Å². The molecule has 0 aromatic heterocycles. The van der Waals surface area contributed by atoms with E-state index in [1.807, 2.05) is 97.1 Å². The second-order valence-corrected chi connectivity index (χ2v) is 8.01. The number of para-hydroxylation sites is 1. The first-order valence-electron chi connectivity index (χ1n) is 10.6. The maximum Gasteiger partial charge on any atom is 0.422 e. The van der Waals surface area contributed by atoms with E-state index in [9.17, 15) is 9.59 Å². The average Bonchev–Trinajstić information content (AvgIpc) is 3.31. The molecule has 4 nitrogen and oxygen atoms in total. The van der Waals surface area contributed by atoms with Crippen molar-refractivity contribution in [2.75, 3.05) is 4.90 Å². The molecule has 1 heterocycles. The van der Waals surface area contributed by atoms with E-state index in [1.54, 1.807) is 6.07 Å². The number of fused-ring (bicyclic) bond motifs is 4. The van der Waals surface area contributed by atoms with E-state index in [0.29, 0.717) is 5.69 Å². The molecule has 0 radical (unpaired) electrons. The number of nitrogens with zero attached hydrogens (tertiary/aromatic N) is 1. The number of imide groups is 1. The molecule has 32 heavy (non-hydrogen) atoms. The topological polar surface area (TPSA) is 46.6 Å². The van der Waals surface area contributed by atoms with Crippen LogP contribution in [0, 0.1) is 0 Å². The van der Waals surface area contributed by atoms with Gasteiger partial charge in [0, 0.05) is 11.1 Å². The van der Waals surface area contributed by atoms with Gasteiger partial charge in [0.1, 0.15) is 0 Å². The van der Waals surface area contributed by atoms with Crippen LogP contribution in [-0.2, 0) is 9.53 Å². The second kappa shape index (κ2) is 7.20. The fourth-order valence-corrected chi connectivity index (χ4v) is 4.86. The summed E-state index contributed by atoms with van der Waals surface area (Å²) in [6.45, 7) is 0. The van der Waals surface area contributed by atoms with E-state index >= 15 is 0 Å². The van der Waals surface area contributed by atoms with Gasteiger partial charge in [-0.1, -0.05) is 97.1 Å². The standard InChI is InChI=1S/C28H19NO3/c30-27-25(18-10-2-1-3-11-18)23-16-8-9-17-24(23)29(27)28(31)32-26-21-14-6-4-12-19(21)20-13-5-7-15-22(20)26/h1-17,25-26H. The minimum atomic E-state index is -0.655. The highest BCUT2D eigenvalue weighted by Gasteiger charge is 2.43. The molecule has 0 saturated heterocycles. The average molecular weight is 417 g/mol. The predicted molar refractivity (Wildman–Crippen MR) is 122 cm³/mol. The number of carbonyl (C=O) groups is 2. The van der Waals surface area contributed by atoms with Crippen molar-refractivity contribution in [3.8, 4) is 11.1 Å². The third-order valence-corrected chi connectivity index (χ3v) is 6.27. The molecule has 0 spiro atoms. The Morgan fingerprint density at radius 2 is 1.19 bits per heavy atom. The summed E-state index contributed by atoms with van der Waals surface area (Å²) < 4.78 is 6.03. The molecule has 0 N–H and O–H groups in total. The SMILES string of the molecule is O=C(OC1c2ccccc2-c2ccccc21)N1C(=O)C(c2ccccc2)c2ccccc21. The van der Waals surface area contributed by atoms with Crippen LogP contribution in [0.1, 0.15) is 34.3 Å². The number of hydrogen-bond donors (Lipinski definition) is 0. The Bertz CT molecular complexity index is 1320. The van der Waals surface area contributed by atoms with Crippen molar-refractivity contribution in [1.82, 2.24) is 0 Å². The molecule has 0 bridgehead atoms. The molecule has 2 amide bonds. The van der Waals surface area contributed by atoms with Gasteiger partial charge < -0.3 is 4.74 Å². The normalized spacial score (nSPS) is 16.4. The van der Waals surface area contributed by atoms with Crippen molar-refractivity contribution < 1.29 is 14.3 Å². The Morgan fingerprint density at radius 1 is 0.656 bits per heavy atom. The van der Waals surface area contributed by atoms with Crippen LogP contribution in [0.2, 0.25) is 0 Å². The zero-order valence-electron chi connectivity index (χ0n) is 17.1. The maximum absolute atomic E-state index is 13.5. The maximum atomic E-state index is 13.5. The van der Waals surface area contributed by atoms with E-state index in [-0.39, 0.29) is 5.91 Å². The summed E-state index contributed by atoms with van der Waals surface area (Å²) in [5, 5.41) is 0. The van der Waals surface area contributed by atoms with Crippen LogP contribution in [0.4, 0.5) is 10.5 Å². The number of anilines is 1. The molecular formula is C28H19NO3. The number of carbonyl (C=O) groups excluding carboxylic acids is 2. The molecule has 4 heteroatoms. The van der Waals surface area contributed by atoms with Gasteiger partial charge in [-0.2, -0.15) is 0 Å². The van der Waals surface area contributed by atoms with Gasteiger partial charge in [0.2, 0.25) is 5.91 Å². The first kappa shape index (κ1) is 18.6. The number of amides is 2. The zero-order valence-corrected chi connectivity index (χ0v) is 17.1. The van der Waals surface area contributed by atoms with E-state index < -0.39 is 18.1 Å². The molecule has 2 aliphatic rings. The third-order valence-electron chi connectivity index (χ3n) is 6.27. The van der Waals surface area contributed by atoms with Crippen LogP contribution >= 0.6 is 0 Å².